The predicted octanol–water partition coefficient (Wildman–Crippen LogP) is 6.12. The molecule has 5 nitrogen and oxygen atoms in total. The van der Waals surface area contributed by atoms with E-state index in [-0.39, 0.29) is 27.8 Å². The van der Waals surface area contributed by atoms with Crippen molar-refractivity contribution in [2.75, 3.05) is 0 Å². The molecule has 0 amide bonds. The van der Waals surface area contributed by atoms with Crippen LogP contribution in [0.25, 0.3) is 22.2 Å². The summed E-state index contributed by atoms with van der Waals surface area (Å²) in [6.45, 7) is 11.6. The zero-order chi connectivity index (χ0) is 25.4. The summed E-state index contributed by atoms with van der Waals surface area (Å²) in [6.07, 6.45) is 0.175. The molecule has 0 aliphatic heterocycles. The Kier molecular flexibility index (Phi) is 7.37. The average molecular weight is 491 g/mol. The molecule has 0 fully saturated rings. The van der Waals surface area contributed by atoms with E-state index >= 15 is 4.39 Å². The van der Waals surface area contributed by atoms with Crippen LogP contribution >= 0.6 is 0 Å². The van der Waals surface area contributed by atoms with Crippen LogP contribution in [-0.4, -0.2) is 25.3 Å². The van der Waals surface area contributed by atoms with Gasteiger partial charge in [0.2, 0.25) is 0 Å². The molecule has 0 aliphatic rings. The molecule has 0 saturated heterocycles. The first-order valence-electron chi connectivity index (χ1n) is 10.9. The van der Waals surface area contributed by atoms with E-state index in [0.717, 1.165) is 0 Å². The van der Waals surface area contributed by atoms with Crippen LogP contribution in [-0.2, 0) is 17.9 Å². The summed E-state index contributed by atoms with van der Waals surface area (Å²) in [5.41, 5.74) is 1.00. The van der Waals surface area contributed by atoms with Crippen molar-refractivity contribution in [3.05, 3.63) is 53.6 Å². The molecule has 2 atom stereocenters. The van der Waals surface area contributed by atoms with Crippen LogP contribution in [0.15, 0.2) is 36.7 Å². The highest BCUT2D eigenvalue weighted by Crippen LogP contribution is 2.37. The van der Waals surface area contributed by atoms with Crippen molar-refractivity contribution >= 4 is 22.3 Å². The van der Waals surface area contributed by atoms with Crippen molar-refractivity contribution in [2.24, 2.45) is 5.41 Å². The van der Waals surface area contributed by atoms with E-state index < -0.39 is 34.4 Å². The average Bonchev–Trinajstić information content (AvgIpc) is 3.05. The molecule has 0 saturated carbocycles. The molecule has 0 radical (unpaired) electrons. The number of aromatic nitrogens is 2. The summed E-state index contributed by atoms with van der Waals surface area (Å²) in [4.78, 5) is 4.18. The number of hydrogen-bond acceptors (Lipinski definition) is 4. The quantitative estimate of drug-likeness (QED) is 0.423. The van der Waals surface area contributed by atoms with E-state index in [1.807, 2.05) is 26.8 Å². The van der Waals surface area contributed by atoms with Gasteiger partial charge in [-0.25, -0.2) is 13.2 Å². The van der Waals surface area contributed by atoms with Crippen LogP contribution in [0.3, 0.4) is 0 Å². The Morgan fingerprint density at radius 1 is 1.21 bits per heavy atom. The zero-order valence-electron chi connectivity index (χ0n) is 20.1. The van der Waals surface area contributed by atoms with Gasteiger partial charge in [-0.3, -0.25) is 4.98 Å². The molecule has 0 bridgehead atoms. The number of hydrogen-bond donors (Lipinski definition) is 1. The van der Waals surface area contributed by atoms with Crippen molar-refractivity contribution in [2.45, 2.75) is 65.3 Å². The van der Waals surface area contributed by atoms with E-state index in [4.69, 9.17) is 0 Å². The second kappa shape index (κ2) is 9.61. The standard InChI is InChI=1S/C25H29F3N4OS/c1-24(2,3)14-32-13-18(22(23(27)28)31-34(33)25(4,5)6)16-10-19(26)17(11-20(16)32)21-15(12-29)8-7-9-30-21/h7-11,13,22-23,31H,14H2,1-6H3/t22-,34+/m0/s1. The fraction of sp³-hybridized carbons (Fsp3) is 0.440. The molecule has 0 aliphatic carbocycles. The molecule has 9 heteroatoms. The topological polar surface area (TPSA) is 76.7 Å². The lowest BCUT2D eigenvalue weighted by atomic mass is 9.96. The van der Waals surface area contributed by atoms with Gasteiger partial charge < -0.3 is 9.12 Å². The lowest BCUT2D eigenvalue weighted by molar-refractivity contribution is 0.109. The number of rotatable bonds is 6. The lowest BCUT2D eigenvalue weighted by Crippen LogP contribution is -2.43. The SMILES string of the molecule is CC(C)(C)Cn1cc([C@H](N[S@+]([O-])C(C)(C)C)C(F)F)c2cc(F)c(-c3ncccc3C#N)cc21. The summed E-state index contributed by atoms with van der Waals surface area (Å²) >= 11 is -1.76. The molecular weight excluding hydrogens is 461 g/mol. The van der Waals surface area contributed by atoms with Gasteiger partial charge in [0.1, 0.15) is 22.7 Å². The van der Waals surface area contributed by atoms with Gasteiger partial charge >= 0.3 is 0 Å². The molecule has 0 spiro atoms. The number of benzene rings is 1. The summed E-state index contributed by atoms with van der Waals surface area (Å²) in [5, 5.41) is 9.74. The van der Waals surface area contributed by atoms with Gasteiger partial charge in [-0.05, 0) is 50.5 Å². The molecule has 2 heterocycles. The second-order valence-electron chi connectivity index (χ2n) is 10.4. The van der Waals surface area contributed by atoms with Crippen LogP contribution in [0.5, 0.6) is 0 Å². The van der Waals surface area contributed by atoms with Crippen molar-refractivity contribution in [1.29, 1.82) is 5.26 Å². The third kappa shape index (κ3) is 5.57. The number of nitrogens with zero attached hydrogens (tertiary/aromatic N) is 3. The normalized spacial score (nSPS) is 14.4. The minimum atomic E-state index is -2.87. The van der Waals surface area contributed by atoms with Gasteiger partial charge in [0.15, 0.2) is 0 Å². The largest absolute Gasteiger partial charge is 0.598 e. The molecule has 182 valence electrons. The van der Waals surface area contributed by atoms with Gasteiger partial charge in [0, 0.05) is 52.3 Å². The number of fused-ring (bicyclic) bond motifs is 1. The maximum Gasteiger partial charge on any atom is 0.262 e. The smallest absolute Gasteiger partial charge is 0.262 e. The third-order valence-corrected chi connectivity index (χ3v) is 6.79. The highest BCUT2D eigenvalue weighted by atomic mass is 32.2. The van der Waals surface area contributed by atoms with Crippen LogP contribution in [0.2, 0.25) is 0 Å². The van der Waals surface area contributed by atoms with Crippen molar-refractivity contribution in [3.8, 4) is 17.3 Å². The Labute approximate surface area is 201 Å². The Bertz CT molecular complexity index is 1220. The van der Waals surface area contributed by atoms with Gasteiger partial charge in [-0.2, -0.15) is 5.26 Å². The van der Waals surface area contributed by atoms with Crippen molar-refractivity contribution in [1.82, 2.24) is 14.3 Å². The molecule has 3 aromatic rings. The Hall–Kier alpha value is -2.54. The van der Waals surface area contributed by atoms with Gasteiger partial charge in [-0.15, -0.1) is 4.72 Å². The third-order valence-electron chi connectivity index (χ3n) is 5.21. The number of halogens is 3. The van der Waals surface area contributed by atoms with E-state index in [9.17, 15) is 18.6 Å². The van der Waals surface area contributed by atoms with Crippen LogP contribution in [0.1, 0.15) is 58.7 Å². The first-order valence-corrected chi connectivity index (χ1v) is 12.0. The lowest BCUT2D eigenvalue weighted by Gasteiger charge is -2.27. The minimum absolute atomic E-state index is 0.115. The molecule has 1 N–H and O–H groups in total. The number of nitrogens with one attached hydrogen (secondary N) is 1. The number of pyridine rings is 1. The fourth-order valence-corrected chi connectivity index (χ4v) is 4.48. The van der Waals surface area contributed by atoms with Crippen molar-refractivity contribution < 1.29 is 17.7 Å². The summed E-state index contributed by atoms with van der Waals surface area (Å²) in [5.74, 6) is -0.678. The molecule has 1 aromatic carbocycles. The summed E-state index contributed by atoms with van der Waals surface area (Å²) < 4.78 is 60.0. The summed E-state index contributed by atoms with van der Waals surface area (Å²) in [6, 6.07) is 6.35. The molecular formula is C25H29F3N4OS. The highest BCUT2D eigenvalue weighted by Gasteiger charge is 2.36. The minimum Gasteiger partial charge on any atom is -0.598 e. The van der Waals surface area contributed by atoms with Gasteiger partial charge in [-0.1, -0.05) is 20.8 Å². The van der Waals surface area contributed by atoms with Gasteiger partial charge in [0.05, 0.1) is 11.3 Å². The first kappa shape index (κ1) is 26.1. The maximum absolute atomic E-state index is 15.3. The highest BCUT2D eigenvalue weighted by molar-refractivity contribution is 7.90. The van der Waals surface area contributed by atoms with E-state index in [1.54, 1.807) is 49.7 Å². The van der Waals surface area contributed by atoms with Gasteiger partial charge in [0.25, 0.3) is 6.43 Å². The Morgan fingerprint density at radius 2 is 1.88 bits per heavy atom. The van der Waals surface area contributed by atoms with Crippen LogP contribution in [0, 0.1) is 22.6 Å². The molecule has 2 aromatic heterocycles. The zero-order valence-corrected chi connectivity index (χ0v) is 20.9. The van der Waals surface area contributed by atoms with Crippen LogP contribution < -0.4 is 4.72 Å². The van der Waals surface area contributed by atoms with Crippen molar-refractivity contribution in [3.63, 3.8) is 0 Å². The fourth-order valence-electron chi connectivity index (χ4n) is 3.66. The monoisotopic (exact) mass is 490 g/mol. The van der Waals surface area contributed by atoms with Crippen LogP contribution in [0.4, 0.5) is 13.2 Å². The number of nitriles is 1. The Balaban J connectivity index is 2.26. The van der Waals surface area contributed by atoms with E-state index in [1.165, 1.54) is 12.3 Å². The van der Waals surface area contributed by atoms with E-state index in [0.29, 0.717) is 17.4 Å². The molecule has 3 rings (SSSR count). The first-order chi connectivity index (χ1) is 15.7. The predicted molar refractivity (Wildman–Crippen MR) is 129 cm³/mol. The van der Waals surface area contributed by atoms with E-state index in [2.05, 4.69) is 9.71 Å². The summed E-state index contributed by atoms with van der Waals surface area (Å²) in [7, 11) is 0. The Morgan fingerprint density at radius 3 is 2.44 bits per heavy atom. The maximum atomic E-state index is 15.3. The second-order valence-corrected chi connectivity index (χ2v) is 12.4. The molecule has 0 unspecified atom stereocenters. The number of alkyl halides is 2. The molecule has 34 heavy (non-hydrogen) atoms.